The first-order valence-corrected chi connectivity index (χ1v) is 6.69. The average Bonchev–Trinajstić information content (AvgIpc) is 2.55. The Morgan fingerprint density at radius 2 is 1.94 bits per heavy atom. The Labute approximate surface area is 103 Å². The largest absolute Gasteiger partial charge is 0.326 e. The minimum atomic E-state index is -0.358. The van der Waals surface area contributed by atoms with Crippen LogP contribution in [0.15, 0.2) is 0 Å². The van der Waals surface area contributed by atoms with Crippen molar-refractivity contribution < 1.29 is 9.59 Å². The highest BCUT2D eigenvalue weighted by atomic mass is 16.2. The Balaban J connectivity index is 2.10. The summed E-state index contributed by atoms with van der Waals surface area (Å²) >= 11 is 0. The van der Waals surface area contributed by atoms with Crippen molar-refractivity contribution in [2.24, 2.45) is 11.1 Å². The van der Waals surface area contributed by atoms with E-state index in [-0.39, 0.29) is 23.3 Å². The van der Waals surface area contributed by atoms with Gasteiger partial charge in [-0.15, -0.1) is 0 Å². The van der Waals surface area contributed by atoms with E-state index in [1.54, 1.807) is 0 Å². The van der Waals surface area contributed by atoms with E-state index in [2.05, 4.69) is 0 Å². The van der Waals surface area contributed by atoms with Crippen LogP contribution in [0.2, 0.25) is 0 Å². The van der Waals surface area contributed by atoms with Crippen molar-refractivity contribution in [1.29, 1.82) is 0 Å². The Hall–Kier alpha value is -0.900. The number of carbonyl (C=O) groups excluding carboxylic acids is 2. The number of amides is 2. The molecule has 0 radical (unpaired) electrons. The van der Waals surface area contributed by atoms with Gasteiger partial charge in [-0.1, -0.05) is 26.2 Å². The molecule has 1 atom stereocenters. The van der Waals surface area contributed by atoms with Crippen LogP contribution in [0.4, 0.5) is 0 Å². The number of nitrogens with zero attached hydrogens (tertiary/aromatic N) is 1. The van der Waals surface area contributed by atoms with Crippen LogP contribution in [0.5, 0.6) is 0 Å². The first kappa shape index (κ1) is 12.6. The molecule has 0 aromatic carbocycles. The number of hydrogen-bond acceptors (Lipinski definition) is 3. The van der Waals surface area contributed by atoms with Crippen LogP contribution in [-0.4, -0.2) is 29.3 Å². The highest BCUT2D eigenvalue weighted by Crippen LogP contribution is 2.45. The zero-order valence-corrected chi connectivity index (χ0v) is 10.6. The van der Waals surface area contributed by atoms with Crippen molar-refractivity contribution in [1.82, 2.24) is 4.90 Å². The van der Waals surface area contributed by atoms with Crippen molar-refractivity contribution in [2.45, 2.75) is 57.9 Å². The summed E-state index contributed by atoms with van der Waals surface area (Å²) in [6.45, 7) is 2.38. The highest BCUT2D eigenvalue weighted by molar-refractivity contribution is 6.06. The number of hydrogen-bond donors (Lipinski definition) is 1. The molecule has 2 amide bonds. The molecular weight excluding hydrogens is 216 g/mol. The van der Waals surface area contributed by atoms with Gasteiger partial charge in [0, 0.05) is 19.0 Å². The lowest BCUT2D eigenvalue weighted by Crippen LogP contribution is -2.43. The molecule has 2 fully saturated rings. The van der Waals surface area contributed by atoms with Gasteiger partial charge in [-0.25, -0.2) is 0 Å². The van der Waals surface area contributed by atoms with Gasteiger partial charge in [-0.3, -0.25) is 14.5 Å². The monoisotopic (exact) mass is 238 g/mol. The lowest BCUT2D eigenvalue weighted by Gasteiger charge is -2.30. The number of imide groups is 1. The molecule has 1 aliphatic carbocycles. The van der Waals surface area contributed by atoms with Gasteiger partial charge in [0.25, 0.3) is 0 Å². The van der Waals surface area contributed by atoms with Gasteiger partial charge in [-0.05, 0) is 19.3 Å². The van der Waals surface area contributed by atoms with E-state index in [9.17, 15) is 9.59 Å². The van der Waals surface area contributed by atoms with Crippen molar-refractivity contribution in [3.8, 4) is 0 Å². The number of carbonyl (C=O) groups is 2. The SMILES string of the molecule is CCC(N)CN1C(=O)CC2(CCCCC2)C1=O. The summed E-state index contributed by atoms with van der Waals surface area (Å²) in [6, 6.07) is -0.0818. The molecule has 1 saturated carbocycles. The maximum absolute atomic E-state index is 12.4. The molecule has 4 nitrogen and oxygen atoms in total. The third kappa shape index (κ3) is 2.23. The van der Waals surface area contributed by atoms with Crippen LogP contribution < -0.4 is 5.73 Å². The molecule has 1 saturated heterocycles. The topological polar surface area (TPSA) is 63.4 Å². The summed E-state index contributed by atoms with van der Waals surface area (Å²) in [5.41, 5.74) is 5.49. The third-order valence-electron chi connectivity index (χ3n) is 4.24. The van der Waals surface area contributed by atoms with Gasteiger partial charge in [0.15, 0.2) is 0 Å². The second kappa shape index (κ2) is 4.77. The van der Waals surface area contributed by atoms with E-state index >= 15 is 0 Å². The summed E-state index contributed by atoms with van der Waals surface area (Å²) in [5.74, 6) is 0.0342. The first-order valence-electron chi connectivity index (χ1n) is 6.69. The van der Waals surface area contributed by atoms with Crippen LogP contribution in [-0.2, 0) is 9.59 Å². The molecule has 0 bridgehead atoms. The summed E-state index contributed by atoms with van der Waals surface area (Å²) in [4.78, 5) is 25.8. The zero-order valence-electron chi connectivity index (χ0n) is 10.6. The lowest BCUT2D eigenvalue weighted by molar-refractivity contribution is -0.142. The van der Waals surface area contributed by atoms with Gasteiger partial charge < -0.3 is 5.73 Å². The van der Waals surface area contributed by atoms with Crippen LogP contribution in [0.3, 0.4) is 0 Å². The predicted molar refractivity (Wildman–Crippen MR) is 65.1 cm³/mol. The molecule has 1 unspecified atom stereocenters. The Bertz CT molecular complexity index is 321. The molecular formula is C13H22N2O2. The van der Waals surface area contributed by atoms with Gasteiger partial charge in [0.1, 0.15) is 0 Å². The molecule has 17 heavy (non-hydrogen) atoms. The number of nitrogens with two attached hydrogens (primary N) is 1. The standard InChI is InChI=1S/C13H22N2O2/c1-2-10(14)9-15-11(16)8-13(12(15)17)6-4-3-5-7-13/h10H,2-9,14H2,1H3. The van der Waals surface area contributed by atoms with Crippen molar-refractivity contribution in [3.05, 3.63) is 0 Å². The normalized spacial score (nSPS) is 25.6. The summed E-state index contributed by atoms with van der Waals surface area (Å²) in [5, 5.41) is 0. The average molecular weight is 238 g/mol. The second-order valence-electron chi connectivity index (χ2n) is 5.50. The minimum Gasteiger partial charge on any atom is -0.326 e. The summed E-state index contributed by atoms with van der Waals surface area (Å²) in [7, 11) is 0. The van der Waals surface area contributed by atoms with Crippen LogP contribution in [0.1, 0.15) is 51.9 Å². The van der Waals surface area contributed by atoms with E-state index in [0.29, 0.717) is 13.0 Å². The molecule has 0 aromatic heterocycles. The van der Waals surface area contributed by atoms with Crippen LogP contribution in [0, 0.1) is 5.41 Å². The molecule has 1 spiro atoms. The fraction of sp³-hybridized carbons (Fsp3) is 0.846. The van der Waals surface area contributed by atoms with Gasteiger partial charge >= 0.3 is 0 Å². The Kier molecular flexibility index (Phi) is 3.52. The molecule has 1 aliphatic heterocycles. The highest BCUT2D eigenvalue weighted by Gasteiger charge is 2.51. The fourth-order valence-corrected chi connectivity index (χ4v) is 3.03. The summed E-state index contributed by atoms with van der Waals surface area (Å²) < 4.78 is 0. The van der Waals surface area contributed by atoms with E-state index in [4.69, 9.17) is 5.73 Å². The predicted octanol–water partition coefficient (Wildman–Crippen LogP) is 1.43. The molecule has 2 N–H and O–H groups in total. The lowest BCUT2D eigenvalue weighted by atomic mass is 9.73. The molecule has 96 valence electrons. The molecule has 0 aromatic rings. The van der Waals surface area contributed by atoms with E-state index in [1.807, 2.05) is 6.92 Å². The fourth-order valence-electron chi connectivity index (χ4n) is 3.03. The molecule has 2 aliphatic rings. The van der Waals surface area contributed by atoms with E-state index in [1.165, 1.54) is 11.3 Å². The smallest absolute Gasteiger partial charge is 0.235 e. The maximum Gasteiger partial charge on any atom is 0.235 e. The van der Waals surface area contributed by atoms with Crippen LogP contribution in [0.25, 0.3) is 0 Å². The van der Waals surface area contributed by atoms with E-state index in [0.717, 1.165) is 32.1 Å². The van der Waals surface area contributed by atoms with Crippen molar-refractivity contribution in [3.63, 3.8) is 0 Å². The van der Waals surface area contributed by atoms with Gasteiger partial charge in [-0.2, -0.15) is 0 Å². The zero-order chi connectivity index (χ0) is 12.5. The van der Waals surface area contributed by atoms with Crippen LogP contribution >= 0.6 is 0 Å². The first-order chi connectivity index (χ1) is 8.09. The number of likely N-dealkylation sites (tertiary alicyclic amines) is 1. The van der Waals surface area contributed by atoms with Gasteiger partial charge in [0.2, 0.25) is 11.8 Å². The molecule has 4 heteroatoms. The Morgan fingerprint density at radius 1 is 1.29 bits per heavy atom. The minimum absolute atomic E-state index is 0.0131. The van der Waals surface area contributed by atoms with Crippen molar-refractivity contribution in [2.75, 3.05) is 6.54 Å². The van der Waals surface area contributed by atoms with Crippen molar-refractivity contribution >= 4 is 11.8 Å². The molecule has 2 rings (SSSR count). The third-order valence-corrected chi connectivity index (χ3v) is 4.24. The molecule has 1 heterocycles. The quantitative estimate of drug-likeness (QED) is 0.757. The summed E-state index contributed by atoms with van der Waals surface area (Å²) in [6.07, 6.45) is 6.33. The van der Waals surface area contributed by atoms with E-state index < -0.39 is 0 Å². The second-order valence-corrected chi connectivity index (χ2v) is 5.50. The maximum atomic E-state index is 12.4. The van der Waals surface area contributed by atoms with Gasteiger partial charge in [0.05, 0.1) is 5.41 Å². The Morgan fingerprint density at radius 3 is 2.53 bits per heavy atom. The number of rotatable bonds is 3.